The molecule has 0 spiro atoms. The van der Waals surface area contributed by atoms with Gasteiger partial charge in [-0.3, -0.25) is 4.79 Å². The van der Waals surface area contributed by atoms with E-state index in [4.69, 9.17) is 0 Å². The summed E-state index contributed by atoms with van der Waals surface area (Å²) >= 11 is 1.66. The van der Waals surface area contributed by atoms with Gasteiger partial charge in [0.05, 0.1) is 5.75 Å². The number of rotatable bonds is 8. The topological polar surface area (TPSA) is 29.1 Å². The Bertz CT molecular complexity index is 625. The molecular weight excluding hydrogens is 302 g/mol. The van der Waals surface area contributed by atoms with Crippen molar-refractivity contribution in [3.8, 4) is 0 Å². The van der Waals surface area contributed by atoms with Gasteiger partial charge in [0.1, 0.15) is 0 Å². The molecule has 0 saturated heterocycles. The number of hydrogen-bond acceptors (Lipinski definition) is 2. The van der Waals surface area contributed by atoms with E-state index >= 15 is 0 Å². The van der Waals surface area contributed by atoms with E-state index < -0.39 is 0 Å². The molecule has 23 heavy (non-hydrogen) atoms. The average molecular weight is 327 g/mol. The summed E-state index contributed by atoms with van der Waals surface area (Å²) in [6.07, 6.45) is 2.02. The SMILES string of the molecule is CCc1ccc(CC)c(CNC(=O)CSCc2ccccc2)c1. The van der Waals surface area contributed by atoms with Gasteiger partial charge in [0.2, 0.25) is 5.91 Å². The zero-order valence-electron chi connectivity index (χ0n) is 14.0. The Labute approximate surface area is 143 Å². The molecule has 122 valence electrons. The van der Waals surface area contributed by atoms with Gasteiger partial charge in [0.15, 0.2) is 0 Å². The molecule has 1 N–H and O–H groups in total. The van der Waals surface area contributed by atoms with Crippen molar-refractivity contribution in [1.82, 2.24) is 5.32 Å². The van der Waals surface area contributed by atoms with Crippen molar-refractivity contribution in [3.63, 3.8) is 0 Å². The van der Waals surface area contributed by atoms with Crippen LogP contribution in [0.4, 0.5) is 0 Å². The number of carbonyl (C=O) groups is 1. The lowest BCUT2D eigenvalue weighted by Gasteiger charge is -2.11. The van der Waals surface area contributed by atoms with Gasteiger partial charge in [-0.15, -0.1) is 11.8 Å². The second-order valence-corrected chi connectivity index (χ2v) is 6.55. The molecule has 0 heterocycles. The second kappa shape index (κ2) is 9.41. The molecule has 0 saturated carbocycles. The number of benzene rings is 2. The van der Waals surface area contributed by atoms with E-state index in [0.29, 0.717) is 12.3 Å². The fourth-order valence-electron chi connectivity index (χ4n) is 2.49. The van der Waals surface area contributed by atoms with Gasteiger partial charge >= 0.3 is 0 Å². The van der Waals surface area contributed by atoms with E-state index in [0.717, 1.165) is 18.6 Å². The summed E-state index contributed by atoms with van der Waals surface area (Å²) < 4.78 is 0. The average Bonchev–Trinajstić information content (AvgIpc) is 2.60. The summed E-state index contributed by atoms with van der Waals surface area (Å²) in [6.45, 7) is 4.94. The van der Waals surface area contributed by atoms with Crippen LogP contribution in [-0.4, -0.2) is 11.7 Å². The van der Waals surface area contributed by atoms with Crippen LogP contribution in [0.1, 0.15) is 36.1 Å². The van der Waals surface area contributed by atoms with Crippen molar-refractivity contribution in [1.29, 1.82) is 0 Å². The number of hydrogen-bond donors (Lipinski definition) is 1. The monoisotopic (exact) mass is 327 g/mol. The molecule has 2 aromatic carbocycles. The van der Waals surface area contributed by atoms with E-state index in [1.807, 2.05) is 18.2 Å². The summed E-state index contributed by atoms with van der Waals surface area (Å²) in [5.41, 5.74) is 5.15. The Balaban J connectivity index is 1.80. The quantitative estimate of drug-likeness (QED) is 0.780. The number of nitrogens with one attached hydrogen (secondary N) is 1. The summed E-state index contributed by atoms with van der Waals surface area (Å²) in [7, 11) is 0. The van der Waals surface area contributed by atoms with Crippen LogP contribution in [0.15, 0.2) is 48.5 Å². The van der Waals surface area contributed by atoms with E-state index in [1.165, 1.54) is 22.3 Å². The lowest BCUT2D eigenvalue weighted by molar-refractivity contribution is -0.118. The molecule has 0 fully saturated rings. The first-order valence-corrected chi connectivity index (χ1v) is 9.37. The summed E-state index contributed by atoms with van der Waals surface area (Å²) in [5.74, 6) is 1.48. The number of aryl methyl sites for hydroxylation is 2. The molecule has 0 bridgehead atoms. The van der Waals surface area contributed by atoms with Gasteiger partial charge in [0, 0.05) is 12.3 Å². The molecule has 2 nitrogen and oxygen atoms in total. The van der Waals surface area contributed by atoms with Crippen LogP contribution in [0.5, 0.6) is 0 Å². The largest absolute Gasteiger partial charge is 0.351 e. The summed E-state index contributed by atoms with van der Waals surface area (Å²) in [4.78, 5) is 12.0. The lowest BCUT2D eigenvalue weighted by atomic mass is 10.0. The molecule has 2 aromatic rings. The third kappa shape index (κ3) is 5.76. The molecule has 2 rings (SSSR count). The minimum Gasteiger partial charge on any atom is -0.351 e. The molecule has 0 atom stereocenters. The van der Waals surface area contributed by atoms with Crippen LogP contribution in [-0.2, 0) is 29.9 Å². The summed E-state index contributed by atoms with van der Waals surface area (Å²) in [6, 6.07) is 16.8. The van der Waals surface area contributed by atoms with Crippen LogP contribution in [0.25, 0.3) is 0 Å². The molecule has 0 aliphatic heterocycles. The van der Waals surface area contributed by atoms with Crippen molar-refractivity contribution in [2.75, 3.05) is 5.75 Å². The second-order valence-electron chi connectivity index (χ2n) is 5.57. The molecule has 0 aromatic heterocycles. The maximum absolute atomic E-state index is 12.0. The molecule has 1 amide bonds. The minimum absolute atomic E-state index is 0.106. The third-order valence-corrected chi connectivity index (χ3v) is 4.88. The molecule has 0 radical (unpaired) electrons. The minimum atomic E-state index is 0.106. The predicted octanol–water partition coefficient (Wildman–Crippen LogP) is 4.36. The molecule has 0 aliphatic carbocycles. The van der Waals surface area contributed by atoms with Gasteiger partial charge in [-0.25, -0.2) is 0 Å². The van der Waals surface area contributed by atoms with Crippen LogP contribution in [0.3, 0.4) is 0 Å². The Kier molecular flexibility index (Phi) is 7.21. The van der Waals surface area contributed by atoms with Crippen molar-refractivity contribution in [2.45, 2.75) is 39.0 Å². The Hall–Kier alpha value is -1.74. The standard InChI is InChI=1S/C20H25NOS/c1-3-16-10-11-18(4-2)19(12-16)13-21-20(22)15-23-14-17-8-6-5-7-9-17/h5-12H,3-4,13-15H2,1-2H3,(H,21,22). The molecule has 0 aliphatic rings. The Morgan fingerprint density at radius 1 is 0.957 bits per heavy atom. The Morgan fingerprint density at radius 2 is 1.74 bits per heavy atom. The van der Waals surface area contributed by atoms with Gasteiger partial charge in [-0.05, 0) is 35.1 Å². The van der Waals surface area contributed by atoms with E-state index in [9.17, 15) is 4.79 Å². The maximum atomic E-state index is 12.0. The number of amides is 1. The normalized spacial score (nSPS) is 10.5. The molecule has 3 heteroatoms. The van der Waals surface area contributed by atoms with Crippen molar-refractivity contribution >= 4 is 17.7 Å². The first-order valence-electron chi connectivity index (χ1n) is 8.22. The highest BCUT2D eigenvalue weighted by Gasteiger charge is 2.06. The highest BCUT2D eigenvalue weighted by atomic mass is 32.2. The highest BCUT2D eigenvalue weighted by Crippen LogP contribution is 2.14. The van der Waals surface area contributed by atoms with Crippen molar-refractivity contribution in [3.05, 3.63) is 70.8 Å². The fourth-order valence-corrected chi connectivity index (χ4v) is 3.31. The van der Waals surface area contributed by atoms with Crippen LogP contribution in [0, 0.1) is 0 Å². The molecular formula is C20H25NOS. The predicted molar refractivity (Wildman–Crippen MR) is 99.6 cm³/mol. The third-order valence-electron chi connectivity index (χ3n) is 3.88. The van der Waals surface area contributed by atoms with E-state index in [2.05, 4.69) is 49.5 Å². The van der Waals surface area contributed by atoms with Gasteiger partial charge in [-0.2, -0.15) is 0 Å². The first kappa shape index (κ1) is 17.6. The van der Waals surface area contributed by atoms with Crippen molar-refractivity contribution < 1.29 is 4.79 Å². The summed E-state index contributed by atoms with van der Waals surface area (Å²) in [5, 5.41) is 3.05. The van der Waals surface area contributed by atoms with Crippen LogP contribution >= 0.6 is 11.8 Å². The van der Waals surface area contributed by atoms with Gasteiger partial charge < -0.3 is 5.32 Å². The molecule has 0 unspecified atom stereocenters. The number of thioether (sulfide) groups is 1. The zero-order valence-corrected chi connectivity index (χ0v) is 14.8. The Morgan fingerprint density at radius 3 is 2.43 bits per heavy atom. The van der Waals surface area contributed by atoms with Gasteiger partial charge in [-0.1, -0.05) is 62.4 Å². The maximum Gasteiger partial charge on any atom is 0.230 e. The smallest absolute Gasteiger partial charge is 0.230 e. The highest BCUT2D eigenvalue weighted by molar-refractivity contribution is 7.99. The van der Waals surface area contributed by atoms with Crippen LogP contribution in [0.2, 0.25) is 0 Å². The van der Waals surface area contributed by atoms with Crippen molar-refractivity contribution in [2.24, 2.45) is 0 Å². The van der Waals surface area contributed by atoms with E-state index in [1.54, 1.807) is 11.8 Å². The first-order chi connectivity index (χ1) is 11.2. The fraction of sp³-hybridized carbons (Fsp3) is 0.350. The van der Waals surface area contributed by atoms with Crippen LogP contribution < -0.4 is 5.32 Å². The number of carbonyl (C=O) groups excluding carboxylic acids is 1. The van der Waals surface area contributed by atoms with Gasteiger partial charge in [0.25, 0.3) is 0 Å². The lowest BCUT2D eigenvalue weighted by Crippen LogP contribution is -2.25. The zero-order chi connectivity index (χ0) is 16.5. The van der Waals surface area contributed by atoms with E-state index in [-0.39, 0.29) is 5.91 Å².